The summed E-state index contributed by atoms with van der Waals surface area (Å²) in [7, 11) is 0. The molecule has 1 heterocycles. The molecule has 0 saturated carbocycles. The predicted octanol–water partition coefficient (Wildman–Crippen LogP) is 1.11. The van der Waals surface area contributed by atoms with Crippen molar-refractivity contribution in [3.05, 3.63) is 17.5 Å². The lowest BCUT2D eigenvalue weighted by atomic mass is 10.4. The summed E-state index contributed by atoms with van der Waals surface area (Å²) >= 11 is 0. The Morgan fingerprint density at radius 1 is 1.77 bits per heavy atom. The van der Waals surface area contributed by atoms with Crippen LogP contribution in [0.3, 0.4) is 0 Å². The highest BCUT2D eigenvalue weighted by Crippen LogP contribution is 2.07. The summed E-state index contributed by atoms with van der Waals surface area (Å²) in [6.07, 6.45) is 0. The lowest BCUT2D eigenvalue weighted by Gasteiger charge is -1.96. The third-order valence-corrected chi connectivity index (χ3v) is 1.13. The number of halogens is 2. The molecule has 1 aromatic rings. The van der Waals surface area contributed by atoms with Gasteiger partial charge < -0.3 is 14.4 Å². The first-order valence-electron chi connectivity index (χ1n) is 3.18. The zero-order valence-electron chi connectivity index (χ0n) is 6.24. The Morgan fingerprint density at radius 2 is 2.46 bits per heavy atom. The van der Waals surface area contributed by atoms with Crippen LogP contribution >= 0.6 is 0 Å². The van der Waals surface area contributed by atoms with Gasteiger partial charge in [0, 0.05) is 6.07 Å². The first kappa shape index (κ1) is 9.59. The Hall–Kier alpha value is -1.50. The lowest BCUT2D eigenvalue weighted by Crippen LogP contribution is -1.98. The molecule has 1 rings (SSSR count). The van der Waals surface area contributed by atoms with Crippen LogP contribution in [0.2, 0.25) is 0 Å². The van der Waals surface area contributed by atoms with Crippen molar-refractivity contribution in [2.45, 2.75) is 13.2 Å². The number of hydrogen-bond acceptors (Lipinski definition) is 4. The molecule has 0 bridgehead atoms. The first-order valence-corrected chi connectivity index (χ1v) is 3.18. The molecule has 0 fully saturated rings. The fourth-order valence-corrected chi connectivity index (χ4v) is 0.627. The molecule has 0 spiro atoms. The quantitative estimate of drug-likeness (QED) is 0.775. The van der Waals surface area contributed by atoms with E-state index in [9.17, 15) is 13.6 Å². The van der Waals surface area contributed by atoms with Crippen LogP contribution in [0.15, 0.2) is 10.6 Å². The van der Waals surface area contributed by atoms with E-state index in [1.165, 1.54) is 0 Å². The number of alkyl halides is 2. The van der Waals surface area contributed by atoms with Crippen LogP contribution in [0.1, 0.15) is 16.2 Å². The molecule has 0 radical (unpaired) electrons. The van der Waals surface area contributed by atoms with Gasteiger partial charge in [0.15, 0.2) is 11.5 Å². The molecule has 0 aliphatic rings. The van der Waals surface area contributed by atoms with Crippen molar-refractivity contribution < 1.29 is 27.9 Å². The summed E-state index contributed by atoms with van der Waals surface area (Å²) in [5.41, 5.74) is -0.340. The standard InChI is InChI=1S/C6H5F2NO4/c7-6(8)12-2-3-1-4(5(10)11)9-13-3/h1,6H,2H2,(H,10,11). The number of hydrogen-bond donors (Lipinski definition) is 1. The van der Waals surface area contributed by atoms with Crippen molar-refractivity contribution in [3.8, 4) is 0 Å². The van der Waals surface area contributed by atoms with E-state index >= 15 is 0 Å². The molecule has 1 aromatic heterocycles. The third kappa shape index (κ3) is 2.79. The summed E-state index contributed by atoms with van der Waals surface area (Å²) in [6.45, 7) is -3.42. The smallest absolute Gasteiger partial charge is 0.358 e. The summed E-state index contributed by atoms with van der Waals surface area (Å²) in [5.74, 6) is -1.34. The zero-order valence-corrected chi connectivity index (χ0v) is 6.24. The summed E-state index contributed by atoms with van der Waals surface area (Å²) in [4.78, 5) is 10.2. The van der Waals surface area contributed by atoms with Crippen molar-refractivity contribution in [2.75, 3.05) is 0 Å². The second kappa shape index (κ2) is 3.94. The highest BCUT2D eigenvalue weighted by atomic mass is 19.3. The number of carboxylic acids is 1. The SMILES string of the molecule is O=C(O)c1cc(COC(F)F)on1. The van der Waals surface area contributed by atoms with Gasteiger partial charge in [0.1, 0.15) is 6.61 Å². The molecule has 0 saturated heterocycles. The predicted molar refractivity (Wildman–Crippen MR) is 34.3 cm³/mol. The van der Waals surface area contributed by atoms with Crippen LogP contribution < -0.4 is 0 Å². The normalized spacial score (nSPS) is 10.7. The Bertz CT molecular complexity index is 299. The minimum absolute atomic E-state index is 0.0577. The van der Waals surface area contributed by atoms with Crippen molar-refractivity contribution in [1.82, 2.24) is 5.16 Å². The summed E-state index contributed by atoms with van der Waals surface area (Å²) in [5, 5.41) is 11.5. The number of aromatic nitrogens is 1. The number of ether oxygens (including phenoxy) is 1. The van der Waals surface area contributed by atoms with Crippen molar-refractivity contribution in [2.24, 2.45) is 0 Å². The highest BCUT2D eigenvalue weighted by molar-refractivity contribution is 5.85. The minimum Gasteiger partial charge on any atom is -0.476 e. The maximum absolute atomic E-state index is 11.5. The topological polar surface area (TPSA) is 72.6 Å². The average molecular weight is 193 g/mol. The van der Waals surface area contributed by atoms with Crippen molar-refractivity contribution in [1.29, 1.82) is 0 Å². The molecule has 5 nitrogen and oxygen atoms in total. The van der Waals surface area contributed by atoms with Gasteiger partial charge in [-0.15, -0.1) is 0 Å². The fraction of sp³-hybridized carbons (Fsp3) is 0.333. The molecule has 0 aliphatic heterocycles. The van der Waals surface area contributed by atoms with Crippen LogP contribution in [0.25, 0.3) is 0 Å². The van der Waals surface area contributed by atoms with E-state index in [0.717, 1.165) is 6.07 Å². The zero-order chi connectivity index (χ0) is 9.84. The second-order valence-electron chi connectivity index (χ2n) is 2.06. The van der Waals surface area contributed by atoms with Gasteiger partial charge in [0.2, 0.25) is 0 Å². The van der Waals surface area contributed by atoms with E-state index < -0.39 is 19.2 Å². The number of aromatic carboxylic acids is 1. The molecule has 72 valence electrons. The largest absolute Gasteiger partial charge is 0.476 e. The third-order valence-electron chi connectivity index (χ3n) is 1.13. The van der Waals surface area contributed by atoms with Crippen molar-refractivity contribution in [3.63, 3.8) is 0 Å². The molecule has 1 N–H and O–H groups in total. The average Bonchev–Trinajstić information content (AvgIpc) is 2.48. The van der Waals surface area contributed by atoms with Crippen molar-refractivity contribution >= 4 is 5.97 Å². The Labute approximate surface area is 70.9 Å². The van der Waals surface area contributed by atoms with Gasteiger partial charge in [-0.3, -0.25) is 0 Å². The van der Waals surface area contributed by atoms with E-state index in [2.05, 4.69) is 14.4 Å². The Balaban J connectivity index is 2.54. The Morgan fingerprint density at radius 3 is 2.92 bits per heavy atom. The summed E-state index contributed by atoms with van der Waals surface area (Å²) in [6, 6.07) is 1.02. The molecule has 0 unspecified atom stereocenters. The first-order chi connectivity index (χ1) is 6.09. The van der Waals surface area contributed by atoms with Crippen LogP contribution in [-0.4, -0.2) is 22.8 Å². The maximum Gasteiger partial charge on any atom is 0.358 e. The van der Waals surface area contributed by atoms with Crippen LogP contribution in [0.5, 0.6) is 0 Å². The molecular formula is C6H5F2NO4. The van der Waals surface area contributed by atoms with E-state index in [1.54, 1.807) is 0 Å². The molecule has 7 heteroatoms. The number of carboxylic acid groups (broad SMARTS) is 1. The molecule has 0 amide bonds. The minimum atomic E-state index is -2.92. The van der Waals surface area contributed by atoms with Gasteiger partial charge in [0.25, 0.3) is 0 Å². The van der Waals surface area contributed by atoms with Gasteiger partial charge >= 0.3 is 12.6 Å². The number of nitrogens with zero attached hydrogens (tertiary/aromatic N) is 1. The maximum atomic E-state index is 11.5. The van der Waals surface area contributed by atoms with Gasteiger partial charge in [-0.05, 0) is 0 Å². The monoisotopic (exact) mass is 193 g/mol. The number of carbonyl (C=O) groups is 1. The van der Waals surface area contributed by atoms with Crippen LogP contribution in [0, 0.1) is 0 Å². The van der Waals surface area contributed by atoms with E-state index in [0.29, 0.717) is 0 Å². The van der Waals surface area contributed by atoms with Gasteiger partial charge in [0.05, 0.1) is 0 Å². The Kier molecular flexibility index (Phi) is 2.91. The van der Waals surface area contributed by atoms with E-state index in [-0.39, 0.29) is 11.5 Å². The highest BCUT2D eigenvalue weighted by Gasteiger charge is 2.12. The molecule has 0 aromatic carbocycles. The van der Waals surface area contributed by atoms with Gasteiger partial charge in [-0.2, -0.15) is 8.78 Å². The molecule has 0 atom stereocenters. The molecule has 13 heavy (non-hydrogen) atoms. The van der Waals surface area contributed by atoms with Gasteiger partial charge in [-0.25, -0.2) is 4.79 Å². The van der Waals surface area contributed by atoms with E-state index in [4.69, 9.17) is 5.11 Å². The number of rotatable bonds is 4. The van der Waals surface area contributed by atoms with Crippen LogP contribution in [0.4, 0.5) is 8.78 Å². The fourth-order valence-electron chi connectivity index (χ4n) is 0.627. The molecule has 0 aliphatic carbocycles. The van der Waals surface area contributed by atoms with Gasteiger partial charge in [-0.1, -0.05) is 5.16 Å². The summed E-state index contributed by atoms with van der Waals surface area (Å²) < 4.78 is 31.2. The van der Waals surface area contributed by atoms with Crippen LogP contribution in [-0.2, 0) is 11.3 Å². The lowest BCUT2D eigenvalue weighted by molar-refractivity contribution is -0.141. The second-order valence-corrected chi connectivity index (χ2v) is 2.06. The van der Waals surface area contributed by atoms with E-state index in [1.807, 2.05) is 0 Å². The molecular weight excluding hydrogens is 188 g/mol.